The molecule has 0 saturated heterocycles. The van der Waals surface area contributed by atoms with Crippen LogP contribution in [-0.2, 0) is 16.8 Å². The number of aromatic nitrogens is 2. The van der Waals surface area contributed by atoms with Crippen LogP contribution in [0.2, 0.25) is 0 Å². The summed E-state index contributed by atoms with van der Waals surface area (Å²) in [6, 6.07) is 0. The number of fused-ring (bicyclic) bond motifs is 1. The first-order valence-corrected chi connectivity index (χ1v) is 4.55. The lowest BCUT2D eigenvalue weighted by Gasteiger charge is -2.33. The molecule has 5 nitrogen and oxygen atoms in total. The maximum absolute atomic E-state index is 11.0. The number of aromatic amines is 1. The number of carbonyl (C=O) groups is 1. The van der Waals surface area contributed by atoms with Crippen molar-refractivity contribution in [2.45, 2.75) is 25.4 Å². The highest BCUT2D eigenvalue weighted by Gasteiger charge is 2.48. The molecule has 0 bridgehead atoms. The number of rotatable bonds is 1. The zero-order valence-corrected chi connectivity index (χ0v) is 7.82. The molecule has 5 heteroatoms. The Kier molecular flexibility index (Phi) is 1.85. The van der Waals surface area contributed by atoms with Gasteiger partial charge in [0.2, 0.25) is 5.60 Å². The van der Waals surface area contributed by atoms with E-state index in [2.05, 4.69) is 10.2 Å². The summed E-state index contributed by atoms with van der Waals surface area (Å²) in [6.45, 7) is 1.73. The van der Waals surface area contributed by atoms with E-state index in [4.69, 9.17) is 5.11 Å². The number of hydrogen-bond acceptors (Lipinski definition) is 3. The van der Waals surface area contributed by atoms with Crippen molar-refractivity contribution in [3.8, 4) is 0 Å². The van der Waals surface area contributed by atoms with E-state index in [0.29, 0.717) is 12.1 Å². The summed E-state index contributed by atoms with van der Waals surface area (Å²) in [5, 5.41) is 25.5. The number of carboxylic acids is 1. The second kappa shape index (κ2) is 2.81. The van der Waals surface area contributed by atoms with Gasteiger partial charge in [-0.05, 0) is 18.4 Å². The highest BCUT2D eigenvalue weighted by Crippen LogP contribution is 2.38. The molecular weight excluding hydrogens is 184 g/mol. The summed E-state index contributed by atoms with van der Waals surface area (Å²) in [4.78, 5) is 11.0. The maximum atomic E-state index is 11.0. The van der Waals surface area contributed by atoms with Gasteiger partial charge in [0, 0.05) is 5.92 Å². The van der Waals surface area contributed by atoms with Crippen molar-refractivity contribution in [2.75, 3.05) is 0 Å². The van der Waals surface area contributed by atoms with Crippen LogP contribution < -0.4 is 0 Å². The van der Waals surface area contributed by atoms with Crippen molar-refractivity contribution in [3.05, 3.63) is 17.5 Å². The van der Waals surface area contributed by atoms with Crippen LogP contribution in [0.3, 0.4) is 0 Å². The minimum atomic E-state index is -1.80. The highest BCUT2D eigenvalue weighted by atomic mass is 16.4. The number of hydrogen-bond donors (Lipinski definition) is 3. The second-order valence-corrected chi connectivity index (χ2v) is 3.78. The molecule has 0 radical (unpaired) electrons. The number of aliphatic hydroxyl groups is 1. The largest absolute Gasteiger partial charge is 0.479 e. The quantitative estimate of drug-likeness (QED) is 0.601. The second-order valence-electron chi connectivity index (χ2n) is 3.78. The van der Waals surface area contributed by atoms with Gasteiger partial charge in [0.05, 0.1) is 11.9 Å². The summed E-state index contributed by atoms with van der Waals surface area (Å²) < 4.78 is 0. The van der Waals surface area contributed by atoms with Gasteiger partial charge in [-0.15, -0.1) is 0 Å². The topological polar surface area (TPSA) is 86.2 Å². The Hall–Kier alpha value is -1.36. The zero-order chi connectivity index (χ0) is 10.3. The number of nitrogens with one attached hydrogen (secondary N) is 1. The van der Waals surface area contributed by atoms with Crippen LogP contribution in [-0.4, -0.2) is 26.4 Å². The van der Waals surface area contributed by atoms with Crippen molar-refractivity contribution in [2.24, 2.45) is 5.92 Å². The standard InChI is InChI=1S/C9H12N2O3/c1-5-2-3-6-4-10-11-7(6)9(5,14)8(12)13/h4-5,14H,2-3H2,1H3,(H,10,11)(H,12,13). The molecule has 2 unspecified atom stereocenters. The normalized spacial score (nSPS) is 31.1. The molecule has 0 aliphatic heterocycles. The van der Waals surface area contributed by atoms with Crippen LogP contribution >= 0.6 is 0 Å². The molecular formula is C9H12N2O3. The van der Waals surface area contributed by atoms with E-state index in [-0.39, 0.29) is 5.92 Å². The highest BCUT2D eigenvalue weighted by molar-refractivity contribution is 5.79. The molecule has 0 aromatic carbocycles. The van der Waals surface area contributed by atoms with Crippen molar-refractivity contribution in [1.29, 1.82) is 0 Å². The van der Waals surface area contributed by atoms with Gasteiger partial charge in [0.15, 0.2) is 0 Å². The first-order chi connectivity index (χ1) is 6.56. The summed E-state index contributed by atoms with van der Waals surface area (Å²) in [6.07, 6.45) is 3.01. The van der Waals surface area contributed by atoms with E-state index in [1.54, 1.807) is 13.1 Å². The van der Waals surface area contributed by atoms with Crippen molar-refractivity contribution in [3.63, 3.8) is 0 Å². The Morgan fingerprint density at radius 2 is 2.50 bits per heavy atom. The van der Waals surface area contributed by atoms with Gasteiger partial charge in [0.25, 0.3) is 0 Å². The van der Waals surface area contributed by atoms with E-state index < -0.39 is 11.6 Å². The summed E-state index contributed by atoms with van der Waals surface area (Å²) in [7, 11) is 0. The van der Waals surface area contributed by atoms with Gasteiger partial charge in [0.1, 0.15) is 0 Å². The maximum Gasteiger partial charge on any atom is 0.342 e. The molecule has 3 N–H and O–H groups in total. The molecule has 1 heterocycles. The van der Waals surface area contributed by atoms with Gasteiger partial charge in [-0.25, -0.2) is 4.79 Å². The van der Waals surface area contributed by atoms with Gasteiger partial charge < -0.3 is 10.2 Å². The molecule has 2 rings (SSSR count). The summed E-state index contributed by atoms with van der Waals surface area (Å²) in [5.41, 5.74) is -0.666. The number of aliphatic carboxylic acids is 1. The molecule has 14 heavy (non-hydrogen) atoms. The molecule has 1 aromatic heterocycles. The predicted octanol–water partition coefficient (Wildman–Crippen LogP) is 0.264. The van der Waals surface area contributed by atoms with Gasteiger partial charge >= 0.3 is 5.97 Å². The van der Waals surface area contributed by atoms with Crippen LogP contribution in [0.4, 0.5) is 0 Å². The summed E-state index contributed by atoms with van der Waals surface area (Å²) in [5.74, 6) is -1.51. The van der Waals surface area contributed by atoms with E-state index in [0.717, 1.165) is 12.0 Å². The average Bonchev–Trinajstić information content (AvgIpc) is 2.59. The fraction of sp³-hybridized carbons (Fsp3) is 0.556. The summed E-state index contributed by atoms with van der Waals surface area (Å²) >= 11 is 0. The smallest absolute Gasteiger partial charge is 0.342 e. The Bertz CT molecular complexity index is 374. The van der Waals surface area contributed by atoms with Crippen LogP contribution in [0.25, 0.3) is 0 Å². The zero-order valence-electron chi connectivity index (χ0n) is 7.82. The lowest BCUT2D eigenvalue weighted by Crippen LogP contribution is -2.45. The van der Waals surface area contributed by atoms with Crippen LogP contribution in [0.15, 0.2) is 6.20 Å². The molecule has 2 atom stereocenters. The number of nitrogens with zero attached hydrogens (tertiary/aromatic N) is 1. The molecule has 76 valence electrons. The third-order valence-corrected chi connectivity index (χ3v) is 2.98. The Morgan fingerprint density at radius 1 is 1.79 bits per heavy atom. The fourth-order valence-corrected chi connectivity index (χ4v) is 1.98. The Balaban J connectivity index is 2.56. The molecule has 0 amide bonds. The number of H-pyrrole nitrogens is 1. The van der Waals surface area contributed by atoms with Crippen molar-refractivity contribution in [1.82, 2.24) is 10.2 Å². The van der Waals surface area contributed by atoms with E-state index >= 15 is 0 Å². The Morgan fingerprint density at radius 3 is 3.14 bits per heavy atom. The van der Waals surface area contributed by atoms with E-state index in [1.165, 1.54) is 0 Å². The van der Waals surface area contributed by atoms with Crippen LogP contribution in [0.1, 0.15) is 24.6 Å². The molecule has 0 spiro atoms. The number of aryl methyl sites for hydroxylation is 1. The Labute approximate surface area is 80.8 Å². The minimum absolute atomic E-state index is 0.298. The lowest BCUT2D eigenvalue weighted by molar-refractivity contribution is -0.167. The molecule has 1 aliphatic rings. The van der Waals surface area contributed by atoms with E-state index in [9.17, 15) is 9.90 Å². The average molecular weight is 196 g/mol. The lowest BCUT2D eigenvalue weighted by atomic mass is 9.76. The SMILES string of the molecule is CC1CCc2cn[nH]c2C1(O)C(=O)O. The molecule has 1 aromatic rings. The fourth-order valence-electron chi connectivity index (χ4n) is 1.98. The third-order valence-electron chi connectivity index (χ3n) is 2.98. The van der Waals surface area contributed by atoms with Crippen molar-refractivity contribution >= 4 is 5.97 Å². The monoisotopic (exact) mass is 196 g/mol. The van der Waals surface area contributed by atoms with E-state index in [1.807, 2.05) is 0 Å². The molecule has 0 fully saturated rings. The van der Waals surface area contributed by atoms with Gasteiger partial charge in [-0.2, -0.15) is 5.10 Å². The van der Waals surface area contributed by atoms with Crippen molar-refractivity contribution < 1.29 is 15.0 Å². The first-order valence-electron chi connectivity index (χ1n) is 4.55. The van der Waals surface area contributed by atoms with Gasteiger partial charge in [-0.3, -0.25) is 5.10 Å². The van der Waals surface area contributed by atoms with Crippen LogP contribution in [0.5, 0.6) is 0 Å². The predicted molar refractivity (Wildman–Crippen MR) is 47.6 cm³/mol. The number of carboxylic acid groups (broad SMARTS) is 1. The molecule has 1 aliphatic carbocycles. The van der Waals surface area contributed by atoms with Crippen LogP contribution in [0, 0.1) is 5.92 Å². The first kappa shape index (κ1) is 9.21. The minimum Gasteiger partial charge on any atom is -0.479 e. The third kappa shape index (κ3) is 0.988. The van der Waals surface area contributed by atoms with Gasteiger partial charge in [-0.1, -0.05) is 6.92 Å². The molecule has 0 saturated carbocycles.